The van der Waals surface area contributed by atoms with E-state index < -0.39 is 0 Å². The SMILES string of the molecule is Fc1cc(N2CCCCC2C[C@H]2CCCC[C@@H]2CCl)c2cnoc2c1. The summed E-state index contributed by atoms with van der Waals surface area (Å²) in [6.45, 7) is 0.979. The second kappa shape index (κ2) is 7.53. The first kappa shape index (κ1) is 17.1. The highest BCUT2D eigenvalue weighted by Crippen LogP contribution is 2.39. The summed E-state index contributed by atoms with van der Waals surface area (Å²) in [5, 5.41) is 4.80. The van der Waals surface area contributed by atoms with Crippen LogP contribution in [0, 0.1) is 17.7 Å². The first-order chi connectivity index (χ1) is 12.3. The molecule has 25 heavy (non-hydrogen) atoms. The summed E-state index contributed by atoms with van der Waals surface area (Å²) in [6, 6.07) is 3.54. The van der Waals surface area contributed by atoms with Crippen LogP contribution in [0.4, 0.5) is 10.1 Å². The van der Waals surface area contributed by atoms with Crippen LogP contribution < -0.4 is 4.90 Å². The maximum absolute atomic E-state index is 14.1. The first-order valence-electron chi connectivity index (χ1n) is 9.63. The Morgan fingerprint density at radius 3 is 2.76 bits per heavy atom. The molecule has 1 aliphatic heterocycles. The third kappa shape index (κ3) is 3.51. The number of alkyl halides is 1. The van der Waals surface area contributed by atoms with Crippen molar-refractivity contribution >= 4 is 28.3 Å². The van der Waals surface area contributed by atoms with Gasteiger partial charge in [0.05, 0.1) is 17.3 Å². The highest BCUT2D eigenvalue weighted by molar-refractivity contribution is 6.18. The average Bonchev–Trinajstić information content (AvgIpc) is 3.10. The molecule has 2 fully saturated rings. The second-order valence-electron chi connectivity index (χ2n) is 7.70. The number of aromatic nitrogens is 1. The number of rotatable bonds is 4. The van der Waals surface area contributed by atoms with Crippen LogP contribution in [-0.4, -0.2) is 23.6 Å². The van der Waals surface area contributed by atoms with Gasteiger partial charge in [0.15, 0.2) is 5.58 Å². The van der Waals surface area contributed by atoms with E-state index in [1.165, 1.54) is 51.0 Å². The van der Waals surface area contributed by atoms with Crippen LogP contribution in [0.15, 0.2) is 22.9 Å². The Labute approximate surface area is 153 Å². The van der Waals surface area contributed by atoms with E-state index in [9.17, 15) is 4.39 Å². The van der Waals surface area contributed by atoms with Crippen molar-refractivity contribution in [2.24, 2.45) is 11.8 Å². The molecule has 1 aromatic carbocycles. The fraction of sp³-hybridized carbons (Fsp3) is 0.650. The molecule has 1 aliphatic carbocycles. The monoisotopic (exact) mass is 364 g/mol. The van der Waals surface area contributed by atoms with Gasteiger partial charge < -0.3 is 9.42 Å². The zero-order valence-electron chi connectivity index (χ0n) is 14.6. The minimum Gasteiger partial charge on any atom is -0.368 e. The van der Waals surface area contributed by atoms with Crippen molar-refractivity contribution in [3.05, 3.63) is 24.1 Å². The molecule has 3 atom stereocenters. The number of fused-ring (bicyclic) bond motifs is 1. The fourth-order valence-corrected chi connectivity index (χ4v) is 5.27. The molecule has 4 rings (SSSR count). The maximum atomic E-state index is 14.1. The number of nitrogens with zero attached hydrogens (tertiary/aromatic N) is 2. The number of hydrogen-bond donors (Lipinski definition) is 0. The van der Waals surface area contributed by atoms with Gasteiger partial charge in [-0.1, -0.05) is 24.4 Å². The quantitative estimate of drug-likeness (QED) is 0.646. The first-order valence-corrected chi connectivity index (χ1v) is 10.2. The summed E-state index contributed by atoms with van der Waals surface area (Å²) in [6.07, 6.45) is 11.6. The molecular weight excluding hydrogens is 339 g/mol. The van der Waals surface area contributed by atoms with Gasteiger partial charge in [0.25, 0.3) is 0 Å². The minimum absolute atomic E-state index is 0.250. The van der Waals surface area contributed by atoms with Crippen LogP contribution in [0.5, 0.6) is 0 Å². The lowest BCUT2D eigenvalue weighted by Gasteiger charge is -2.41. The van der Waals surface area contributed by atoms with Crippen LogP contribution in [-0.2, 0) is 0 Å². The molecule has 2 aliphatic rings. The molecule has 0 bridgehead atoms. The standard InChI is InChI=1S/C20H26ClFN2O/c21-12-15-6-2-1-5-14(15)9-17-7-3-4-8-24(17)19-10-16(22)11-20-18(19)13-23-25-20/h10-11,13-15,17H,1-9,12H2/t14-,15-,17?/m1/s1. The molecule has 2 heterocycles. The fourth-order valence-electron chi connectivity index (χ4n) is 4.87. The van der Waals surface area contributed by atoms with Crippen molar-refractivity contribution in [2.45, 2.75) is 57.4 Å². The average molecular weight is 365 g/mol. The van der Waals surface area contributed by atoms with Crippen LogP contribution in [0.2, 0.25) is 0 Å². The summed E-state index contributed by atoms with van der Waals surface area (Å²) in [5.74, 6) is 1.86. The molecule has 136 valence electrons. The highest BCUT2D eigenvalue weighted by atomic mass is 35.5. The third-order valence-corrected chi connectivity index (χ3v) is 6.59. The van der Waals surface area contributed by atoms with Gasteiger partial charge in [-0.2, -0.15) is 0 Å². The van der Waals surface area contributed by atoms with Gasteiger partial charge in [0.1, 0.15) is 5.82 Å². The van der Waals surface area contributed by atoms with E-state index in [0.29, 0.717) is 23.5 Å². The Balaban J connectivity index is 1.61. The predicted molar refractivity (Wildman–Crippen MR) is 99.7 cm³/mol. The van der Waals surface area contributed by atoms with Gasteiger partial charge in [-0.15, -0.1) is 11.6 Å². The van der Waals surface area contributed by atoms with Crippen molar-refractivity contribution in [2.75, 3.05) is 17.3 Å². The van der Waals surface area contributed by atoms with Crippen molar-refractivity contribution in [1.82, 2.24) is 5.16 Å². The van der Waals surface area contributed by atoms with Gasteiger partial charge in [-0.3, -0.25) is 0 Å². The smallest absolute Gasteiger partial charge is 0.171 e. The Morgan fingerprint density at radius 1 is 1.12 bits per heavy atom. The second-order valence-corrected chi connectivity index (χ2v) is 8.01. The van der Waals surface area contributed by atoms with E-state index in [1.54, 1.807) is 12.3 Å². The molecule has 5 heteroatoms. The molecule has 0 spiro atoms. The topological polar surface area (TPSA) is 29.3 Å². The lowest BCUT2D eigenvalue weighted by Crippen LogP contribution is -2.42. The Kier molecular flexibility index (Phi) is 5.16. The number of hydrogen-bond acceptors (Lipinski definition) is 3. The van der Waals surface area contributed by atoms with E-state index in [1.807, 2.05) is 0 Å². The van der Waals surface area contributed by atoms with Crippen LogP contribution >= 0.6 is 11.6 Å². The largest absolute Gasteiger partial charge is 0.368 e. The molecule has 0 amide bonds. The predicted octanol–water partition coefficient (Wildman–Crippen LogP) is 5.76. The summed E-state index contributed by atoms with van der Waals surface area (Å²) in [7, 11) is 0. The van der Waals surface area contributed by atoms with Gasteiger partial charge in [0, 0.05) is 24.5 Å². The number of piperidine rings is 1. The molecule has 1 saturated heterocycles. The molecule has 3 nitrogen and oxygen atoms in total. The summed E-state index contributed by atoms with van der Waals surface area (Å²) >= 11 is 6.25. The van der Waals surface area contributed by atoms with Gasteiger partial charge >= 0.3 is 0 Å². The maximum Gasteiger partial charge on any atom is 0.171 e. The lowest BCUT2D eigenvalue weighted by atomic mass is 9.76. The van der Waals surface area contributed by atoms with Gasteiger partial charge in [-0.25, -0.2) is 4.39 Å². The van der Waals surface area contributed by atoms with Crippen molar-refractivity contribution in [1.29, 1.82) is 0 Å². The Hall–Kier alpha value is -1.29. The van der Waals surface area contributed by atoms with E-state index in [-0.39, 0.29) is 5.82 Å². The molecule has 0 radical (unpaired) electrons. The van der Waals surface area contributed by atoms with Crippen LogP contribution in [0.3, 0.4) is 0 Å². The summed E-state index contributed by atoms with van der Waals surface area (Å²) in [4.78, 5) is 2.41. The minimum atomic E-state index is -0.250. The zero-order chi connectivity index (χ0) is 17.2. The molecule has 1 saturated carbocycles. The Morgan fingerprint density at radius 2 is 1.92 bits per heavy atom. The van der Waals surface area contributed by atoms with Gasteiger partial charge in [0.2, 0.25) is 0 Å². The van der Waals surface area contributed by atoms with Crippen molar-refractivity contribution in [3.63, 3.8) is 0 Å². The highest BCUT2D eigenvalue weighted by Gasteiger charge is 2.31. The molecule has 1 aromatic heterocycles. The molecule has 2 aromatic rings. The van der Waals surface area contributed by atoms with Crippen molar-refractivity contribution < 1.29 is 8.91 Å². The van der Waals surface area contributed by atoms with Crippen LogP contribution in [0.1, 0.15) is 51.4 Å². The molecule has 1 unspecified atom stereocenters. The van der Waals surface area contributed by atoms with E-state index in [2.05, 4.69) is 10.1 Å². The van der Waals surface area contributed by atoms with E-state index in [4.69, 9.17) is 16.1 Å². The lowest BCUT2D eigenvalue weighted by molar-refractivity contribution is 0.220. The van der Waals surface area contributed by atoms with Crippen LogP contribution in [0.25, 0.3) is 11.0 Å². The normalized spacial score (nSPS) is 27.8. The van der Waals surface area contributed by atoms with Gasteiger partial charge in [-0.05, 0) is 50.0 Å². The number of anilines is 1. The van der Waals surface area contributed by atoms with E-state index >= 15 is 0 Å². The third-order valence-electron chi connectivity index (χ3n) is 6.19. The number of halogens is 2. The zero-order valence-corrected chi connectivity index (χ0v) is 15.3. The summed E-state index contributed by atoms with van der Waals surface area (Å²) < 4.78 is 19.3. The number of benzene rings is 1. The van der Waals surface area contributed by atoms with E-state index in [0.717, 1.165) is 29.9 Å². The Bertz CT molecular complexity index is 719. The molecular formula is C20H26ClFN2O. The van der Waals surface area contributed by atoms with Crippen molar-refractivity contribution in [3.8, 4) is 0 Å². The summed E-state index contributed by atoms with van der Waals surface area (Å²) in [5.41, 5.74) is 1.48. The molecule has 0 N–H and O–H groups in total.